The summed E-state index contributed by atoms with van der Waals surface area (Å²) >= 11 is 0. The number of fused-ring (bicyclic) bond motifs is 2. The second-order valence-corrected chi connectivity index (χ2v) is 4.68. The lowest BCUT2D eigenvalue weighted by atomic mass is 10.2. The Labute approximate surface area is 118 Å². The second kappa shape index (κ2) is 5.57. The minimum absolute atomic E-state index is 1.06. The van der Waals surface area contributed by atoms with Gasteiger partial charge < -0.3 is 4.57 Å². The number of aryl methyl sites for hydroxylation is 1. The van der Waals surface area contributed by atoms with Crippen molar-refractivity contribution in [1.82, 2.24) is 9.55 Å². The highest BCUT2D eigenvalue weighted by molar-refractivity contribution is 5.79. The van der Waals surface area contributed by atoms with Crippen LogP contribution in [0.1, 0.15) is 0 Å². The van der Waals surface area contributed by atoms with E-state index < -0.39 is 0 Å². The Morgan fingerprint density at radius 2 is 1.45 bits per heavy atom. The third-order valence-corrected chi connectivity index (χ3v) is 3.31. The molecular weight excluding hydrogens is 244 g/mol. The first-order valence-electron chi connectivity index (χ1n) is 6.64. The predicted molar refractivity (Wildman–Crippen MR) is 84.7 cm³/mol. The van der Waals surface area contributed by atoms with Crippen LogP contribution in [0, 0.1) is 0 Å². The van der Waals surface area contributed by atoms with E-state index >= 15 is 0 Å². The van der Waals surface area contributed by atoms with Gasteiger partial charge in [-0.2, -0.15) is 0 Å². The van der Waals surface area contributed by atoms with Crippen LogP contribution in [-0.4, -0.2) is 9.55 Å². The fraction of sp³-hybridized carbons (Fsp3) is 0.0556. The van der Waals surface area contributed by atoms with E-state index in [0.29, 0.717) is 0 Å². The average molecular weight is 260 g/mol. The van der Waals surface area contributed by atoms with E-state index in [4.69, 9.17) is 0 Å². The molecule has 2 nitrogen and oxygen atoms in total. The Morgan fingerprint density at radius 3 is 2.25 bits per heavy atom. The zero-order chi connectivity index (χ0) is 13.8. The molecule has 2 heteroatoms. The Balaban J connectivity index is 0.000000121. The molecule has 0 amide bonds. The maximum atomic E-state index is 4.18. The van der Waals surface area contributed by atoms with Crippen molar-refractivity contribution in [3.63, 3.8) is 0 Å². The van der Waals surface area contributed by atoms with Gasteiger partial charge in [0.25, 0.3) is 0 Å². The first kappa shape index (κ1) is 12.4. The summed E-state index contributed by atoms with van der Waals surface area (Å²) in [5.41, 5.74) is 2.35. The summed E-state index contributed by atoms with van der Waals surface area (Å²) in [6.45, 7) is 0. The van der Waals surface area contributed by atoms with Gasteiger partial charge in [0.1, 0.15) is 0 Å². The SMILES string of the molecule is Cn1ccc2ccccc21.c1ccc2ncccc2c1. The molecule has 0 saturated carbocycles. The molecule has 0 aliphatic heterocycles. The molecule has 4 rings (SSSR count). The van der Waals surface area contributed by atoms with Crippen LogP contribution in [-0.2, 0) is 7.05 Å². The molecule has 0 bridgehead atoms. The van der Waals surface area contributed by atoms with Crippen molar-refractivity contribution >= 4 is 21.8 Å². The summed E-state index contributed by atoms with van der Waals surface area (Å²) in [7, 11) is 2.06. The van der Waals surface area contributed by atoms with Gasteiger partial charge in [-0.25, -0.2) is 0 Å². The van der Waals surface area contributed by atoms with Crippen molar-refractivity contribution in [2.75, 3.05) is 0 Å². The van der Waals surface area contributed by atoms with Crippen LogP contribution in [0.4, 0.5) is 0 Å². The van der Waals surface area contributed by atoms with E-state index in [2.05, 4.69) is 65.3 Å². The number of pyridine rings is 1. The van der Waals surface area contributed by atoms with E-state index in [1.807, 2.05) is 30.5 Å². The van der Waals surface area contributed by atoms with Crippen LogP contribution >= 0.6 is 0 Å². The van der Waals surface area contributed by atoms with E-state index in [-0.39, 0.29) is 0 Å². The third-order valence-electron chi connectivity index (χ3n) is 3.31. The van der Waals surface area contributed by atoms with Gasteiger partial charge in [0.15, 0.2) is 0 Å². The standard InChI is InChI=1S/C9H9N.C9H7N/c1-10-7-6-8-4-2-3-5-9(8)10;1-2-6-9-8(4-1)5-3-7-10-9/h2-7H,1H3;1-7H. The van der Waals surface area contributed by atoms with Crippen molar-refractivity contribution in [3.8, 4) is 0 Å². The number of nitrogens with zero attached hydrogens (tertiary/aromatic N) is 2. The number of hydrogen-bond acceptors (Lipinski definition) is 1. The van der Waals surface area contributed by atoms with E-state index in [1.54, 1.807) is 0 Å². The molecule has 4 aromatic rings. The molecule has 0 radical (unpaired) electrons. The van der Waals surface area contributed by atoms with Crippen LogP contribution in [0.5, 0.6) is 0 Å². The maximum absolute atomic E-state index is 4.18. The van der Waals surface area contributed by atoms with Gasteiger partial charge in [-0.15, -0.1) is 0 Å². The first-order chi connectivity index (χ1) is 9.84. The van der Waals surface area contributed by atoms with Crippen LogP contribution in [0.2, 0.25) is 0 Å². The maximum Gasteiger partial charge on any atom is 0.0701 e. The summed E-state index contributed by atoms with van der Waals surface area (Å²) < 4.78 is 2.12. The predicted octanol–water partition coefficient (Wildman–Crippen LogP) is 4.41. The van der Waals surface area contributed by atoms with Gasteiger partial charge in [0.05, 0.1) is 5.52 Å². The summed E-state index contributed by atoms with van der Waals surface area (Å²) in [6, 6.07) is 22.6. The Hall–Kier alpha value is -2.61. The molecule has 0 aliphatic carbocycles. The summed E-state index contributed by atoms with van der Waals surface area (Å²) in [5, 5.41) is 2.51. The molecule has 0 aliphatic rings. The number of para-hydroxylation sites is 2. The van der Waals surface area contributed by atoms with Crippen LogP contribution in [0.3, 0.4) is 0 Å². The molecule has 0 atom stereocenters. The summed E-state index contributed by atoms with van der Waals surface area (Å²) in [4.78, 5) is 4.18. The zero-order valence-corrected chi connectivity index (χ0v) is 11.4. The highest BCUT2D eigenvalue weighted by atomic mass is 14.9. The second-order valence-electron chi connectivity index (χ2n) is 4.68. The average Bonchev–Trinajstić information content (AvgIpc) is 2.90. The van der Waals surface area contributed by atoms with Crippen molar-refractivity contribution in [1.29, 1.82) is 0 Å². The Kier molecular flexibility index (Phi) is 3.46. The van der Waals surface area contributed by atoms with Crippen LogP contribution in [0.15, 0.2) is 79.1 Å². The van der Waals surface area contributed by atoms with Crippen LogP contribution in [0.25, 0.3) is 21.8 Å². The first-order valence-corrected chi connectivity index (χ1v) is 6.64. The lowest BCUT2D eigenvalue weighted by Crippen LogP contribution is -1.81. The van der Waals surface area contributed by atoms with Gasteiger partial charge in [0.2, 0.25) is 0 Å². The fourth-order valence-corrected chi connectivity index (χ4v) is 2.24. The van der Waals surface area contributed by atoms with E-state index in [1.165, 1.54) is 16.3 Å². The lowest BCUT2D eigenvalue weighted by Gasteiger charge is -1.92. The summed E-state index contributed by atoms with van der Waals surface area (Å²) in [6.07, 6.45) is 3.88. The highest BCUT2D eigenvalue weighted by Gasteiger charge is 1.92. The van der Waals surface area contributed by atoms with Crippen molar-refractivity contribution in [3.05, 3.63) is 79.1 Å². The lowest BCUT2D eigenvalue weighted by molar-refractivity contribution is 0.969. The smallest absolute Gasteiger partial charge is 0.0701 e. The van der Waals surface area contributed by atoms with Crippen LogP contribution < -0.4 is 0 Å². The molecule has 98 valence electrons. The van der Waals surface area contributed by atoms with E-state index in [0.717, 1.165) is 5.52 Å². The number of rotatable bonds is 0. The van der Waals surface area contributed by atoms with E-state index in [9.17, 15) is 0 Å². The molecule has 0 saturated heterocycles. The molecule has 2 aromatic carbocycles. The van der Waals surface area contributed by atoms with Gasteiger partial charge in [-0.05, 0) is 29.7 Å². The molecule has 0 spiro atoms. The largest absolute Gasteiger partial charge is 0.351 e. The number of benzene rings is 2. The molecule has 2 aromatic heterocycles. The highest BCUT2D eigenvalue weighted by Crippen LogP contribution is 2.12. The molecule has 2 heterocycles. The van der Waals surface area contributed by atoms with Crippen molar-refractivity contribution in [2.45, 2.75) is 0 Å². The number of aromatic nitrogens is 2. The normalized spacial score (nSPS) is 10.2. The monoisotopic (exact) mass is 260 g/mol. The molecular formula is C18H16N2. The molecule has 20 heavy (non-hydrogen) atoms. The quantitative estimate of drug-likeness (QED) is 0.458. The minimum Gasteiger partial charge on any atom is -0.351 e. The Morgan fingerprint density at radius 1 is 0.750 bits per heavy atom. The minimum atomic E-state index is 1.06. The Bertz CT molecular complexity index is 765. The topological polar surface area (TPSA) is 17.8 Å². The molecule has 0 N–H and O–H groups in total. The number of hydrogen-bond donors (Lipinski definition) is 0. The molecule has 0 fully saturated rings. The van der Waals surface area contributed by atoms with Gasteiger partial charge >= 0.3 is 0 Å². The molecule has 0 unspecified atom stereocenters. The fourth-order valence-electron chi connectivity index (χ4n) is 2.24. The third kappa shape index (κ3) is 2.54. The van der Waals surface area contributed by atoms with Crippen molar-refractivity contribution < 1.29 is 0 Å². The summed E-state index contributed by atoms with van der Waals surface area (Å²) in [5.74, 6) is 0. The van der Waals surface area contributed by atoms with Gasteiger partial charge in [0, 0.05) is 30.3 Å². The zero-order valence-electron chi connectivity index (χ0n) is 11.4. The van der Waals surface area contributed by atoms with Gasteiger partial charge in [-0.3, -0.25) is 4.98 Å². The van der Waals surface area contributed by atoms with Crippen molar-refractivity contribution in [2.24, 2.45) is 7.05 Å². The van der Waals surface area contributed by atoms with Gasteiger partial charge in [-0.1, -0.05) is 42.5 Å².